The molecule has 6 aromatic rings. The molecule has 13 amide bonds. The van der Waals surface area contributed by atoms with E-state index in [0.717, 1.165) is 26.5 Å². The third-order valence-corrected chi connectivity index (χ3v) is 25.1. The number of H-pyrrole nitrogens is 1. The number of likely N-dealkylation sites (N-methyl/N-ethyl adjacent to an activating group) is 3. The van der Waals surface area contributed by atoms with Gasteiger partial charge in [0.15, 0.2) is 17.5 Å². The first-order valence-corrected chi connectivity index (χ1v) is 44.5. The monoisotopic (exact) mass is 1780 g/mol. The van der Waals surface area contributed by atoms with E-state index in [1.54, 1.807) is 126 Å². The molecule has 31 nitrogen and oxygen atoms in total. The highest BCUT2D eigenvalue weighted by molar-refractivity contribution is 8.00. The molecule has 0 radical (unpaired) electrons. The van der Waals surface area contributed by atoms with E-state index < -0.39 is 216 Å². The number of aliphatic hydroxyl groups excluding tert-OH is 1. The number of hydrogen-bond acceptors (Lipinski definition) is 17. The van der Waals surface area contributed by atoms with Crippen molar-refractivity contribution in [1.29, 1.82) is 0 Å². The topological polar surface area (TPSA) is 419 Å². The minimum absolute atomic E-state index is 0.000368. The van der Waals surface area contributed by atoms with Crippen molar-refractivity contribution in [3.05, 3.63) is 173 Å². The zero-order valence-electron chi connectivity index (χ0n) is 73.0. The summed E-state index contributed by atoms with van der Waals surface area (Å²) in [6.07, 6.45) is -1.11. The number of halogens is 3. The van der Waals surface area contributed by atoms with E-state index in [4.69, 9.17) is 0 Å². The second-order valence-corrected chi connectivity index (χ2v) is 35.3. The summed E-state index contributed by atoms with van der Waals surface area (Å²) in [4.78, 5) is 220. The molecule has 0 bridgehead atoms. The van der Waals surface area contributed by atoms with Crippen molar-refractivity contribution >= 4 is 105 Å². The van der Waals surface area contributed by atoms with Crippen molar-refractivity contribution in [2.45, 2.75) is 229 Å². The smallest absolute Gasteiger partial charge is 0.303 e. The second kappa shape index (κ2) is 45.0. The maximum absolute atomic E-state index is 15.7. The van der Waals surface area contributed by atoms with Crippen LogP contribution in [0.3, 0.4) is 0 Å². The first-order chi connectivity index (χ1) is 60.5. The predicted octanol–water partition coefficient (Wildman–Crippen LogP) is 5.15. The van der Waals surface area contributed by atoms with Crippen LogP contribution >= 0.6 is 11.8 Å². The van der Waals surface area contributed by atoms with Crippen LogP contribution in [0.2, 0.25) is 0 Å². The van der Waals surface area contributed by atoms with Crippen LogP contribution < -0.4 is 37.2 Å². The highest BCUT2D eigenvalue weighted by Gasteiger charge is 2.50. The van der Waals surface area contributed by atoms with Gasteiger partial charge in [0.2, 0.25) is 76.8 Å². The van der Waals surface area contributed by atoms with Gasteiger partial charge in [0.1, 0.15) is 78.3 Å². The summed E-state index contributed by atoms with van der Waals surface area (Å²) in [5.41, 5.74) is 2.46. The Balaban J connectivity index is 1.02. The number of carboxylic acids is 1. The van der Waals surface area contributed by atoms with Gasteiger partial charge in [-0.25, -0.2) is 13.2 Å². The van der Waals surface area contributed by atoms with Crippen LogP contribution in [0.25, 0.3) is 10.9 Å². The zero-order valence-corrected chi connectivity index (χ0v) is 73.8. The van der Waals surface area contributed by atoms with Crippen LogP contribution in [-0.2, 0) is 99.2 Å². The third-order valence-electron chi connectivity index (χ3n) is 23.9. The molecule has 11 N–H and O–H groups in total. The van der Waals surface area contributed by atoms with Gasteiger partial charge in [-0.05, 0) is 122 Å². The van der Waals surface area contributed by atoms with Gasteiger partial charge < -0.3 is 86.9 Å². The molecular weight excluding hydrogens is 1660 g/mol. The Morgan fingerprint density at radius 2 is 1.04 bits per heavy atom. The van der Waals surface area contributed by atoms with Crippen LogP contribution in [-0.4, -0.2) is 269 Å². The van der Waals surface area contributed by atoms with E-state index in [2.05, 4.69) is 42.2 Å². The van der Waals surface area contributed by atoms with Crippen LogP contribution in [0.4, 0.5) is 13.2 Å². The maximum atomic E-state index is 15.7. The standard InChI is InChI=1S/C92H117F3N14O17S/c1-10-11-28-73-90(124)109-49-61(111)47-76(109)91(125)108-38-21-30-72(108)85(119)103-80(53(4)5)92(126)105(8)74(44-55-22-14-12-15-23-55)86(120)99-66(35-36-78(113)114)88(122)107-37-20-29-71(107)84(118)102-69(46-59-48-96-65-27-19-18-26-62(59)65)83(117)101-68(42-57-31-33-60(110)34-32-57)82(116)100-67(39-52(2)3)81(115)97-54(6)50-127-51-77(112)98-70(43-58-40-63(93)79(95)64(94)41-58)87(121)106(9)75(89(123)104(73)7)45-56-24-16-13-17-25-56/h12-19,22-27,31-34,40-41,48,52-54,61,66-76,80,96,110-111H,10-11,20-21,28-30,35-39,42-47,49-51H2,1-9H3,(H,97,115)(H,98,112)(H,99,120)(H,100,116)(H,101,117)(H,102,118)(H,103,119)(H,113,114)/t54-,61-,66+,67+,68+,69+,70+,71-,72+,73+,74+,75+,76-,80+/m1/s1. The van der Waals surface area contributed by atoms with Crippen molar-refractivity contribution in [2.75, 3.05) is 52.3 Å². The number of aliphatic hydroxyl groups is 1. The van der Waals surface area contributed by atoms with Crippen LogP contribution in [0.1, 0.15) is 140 Å². The SMILES string of the molecule is CCCC[C@H]1C(=O)N2C[C@H](O)C[C@@H]2C(=O)N2CCC[C@H]2C(=O)N[C@@H](C(C)C)C(=O)N(C)[C@@H](Cc2ccccc2)C(=O)N[C@@H](CCC(=O)O)C(=O)N2CCC[C@@H]2C(=O)N[C@@H](Cc2c[nH]c3ccccc23)C(=O)N[C@@H](Cc2ccc(O)cc2)C(=O)N[C@@H](CC(C)C)C(=O)N[C@H](C)CSCC(=O)N[C@@H](Cc2cc(F)c(F)c(F)c2)C(=O)N(C)[C@@H](Cc2ccccc2)C(=O)N1C. The van der Waals surface area contributed by atoms with Crippen molar-refractivity contribution in [2.24, 2.45) is 11.8 Å². The van der Waals surface area contributed by atoms with Gasteiger partial charge in [-0.2, -0.15) is 0 Å². The molecule has 0 spiro atoms. The van der Waals surface area contributed by atoms with Gasteiger partial charge in [-0.15, -0.1) is 11.8 Å². The van der Waals surface area contributed by atoms with Crippen molar-refractivity contribution in [3.8, 4) is 5.75 Å². The summed E-state index contributed by atoms with van der Waals surface area (Å²) in [5.74, 6) is -18.5. The molecule has 1 aromatic heterocycles. The molecule has 5 aromatic carbocycles. The molecule has 10 rings (SSSR count). The summed E-state index contributed by atoms with van der Waals surface area (Å²) in [7, 11) is 3.94. The number of nitrogens with zero attached hydrogens (tertiary/aromatic N) is 6. The number of unbranched alkanes of at least 4 members (excludes halogenated alkanes) is 1. The van der Waals surface area contributed by atoms with E-state index in [1.807, 2.05) is 6.92 Å². The molecule has 14 atom stereocenters. The second-order valence-electron chi connectivity index (χ2n) is 34.3. The zero-order chi connectivity index (χ0) is 92.2. The molecule has 4 saturated heterocycles. The third kappa shape index (κ3) is 25.5. The number of carbonyl (C=O) groups is 14. The quantitative estimate of drug-likeness (QED) is 0.0467. The average Bonchev–Trinajstić information content (AvgIpc) is 1.70. The van der Waals surface area contributed by atoms with Gasteiger partial charge in [0.25, 0.3) is 0 Å². The van der Waals surface area contributed by atoms with Crippen molar-refractivity contribution in [3.63, 3.8) is 0 Å². The first kappa shape index (κ1) is 97.3. The van der Waals surface area contributed by atoms with Gasteiger partial charge in [0, 0.05) is 115 Å². The Morgan fingerprint density at radius 1 is 0.512 bits per heavy atom. The molecule has 35 heteroatoms. The van der Waals surface area contributed by atoms with Gasteiger partial charge >= 0.3 is 5.97 Å². The van der Waals surface area contributed by atoms with Crippen molar-refractivity contribution in [1.82, 2.24) is 71.6 Å². The van der Waals surface area contributed by atoms with E-state index in [0.29, 0.717) is 58.1 Å². The Kier molecular flexibility index (Phi) is 34.5. The Morgan fingerprint density at radius 3 is 1.65 bits per heavy atom. The molecule has 0 saturated carbocycles. The summed E-state index contributed by atoms with van der Waals surface area (Å²) >= 11 is 0.993. The number of phenolic OH excluding ortho intramolecular Hbond substituents is 1. The van der Waals surface area contributed by atoms with Gasteiger partial charge in [-0.1, -0.05) is 138 Å². The molecule has 5 heterocycles. The number of carbonyl (C=O) groups excluding carboxylic acids is 13. The fourth-order valence-corrected chi connectivity index (χ4v) is 17.8. The lowest BCUT2D eigenvalue weighted by molar-refractivity contribution is -0.154. The number of aromatic amines is 1. The van der Waals surface area contributed by atoms with E-state index in [1.165, 1.54) is 60.1 Å². The lowest BCUT2D eigenvalue weighted by atomic mass is 9.98. The number of carboxylic acid groups (broad SMARTS) is 1. The molecule has 684 valence electrons. The average molecular weight is 1780 g/mol. The summed E-state index contributed by atoms with van der Waals surface area (Å²) in [5, 5.41) is 52.3. The number of fused-ring (bicyclic) bond motifs is 4. The van der Waals surface area contributed by atoms with E-state index >= 15 is 61.5 Å². The number of phenols is 1. The van der Waals surface area contributed by atoms with Crippen LogP contribution in [0, 0.1) is 29.3 Å². The molecule has 4 aliphatic rings. The normalized spacial score (nSPS) is 25.4. The molecular formula is C92H117F3N14O17S. The fourth-order valence-electron chi connectivity index (χ4n) is 17.0. The van der Waals surface area contributed by atoms with Gasteiger partial charge in [-0.3, -0.25) is 67.1 Å². The molecule has 4 aliphatic heterocycles. The van der Waals surface area contributed by atoms with Crippen LogP contribution in [0.5, 0.6) is 5.75 Å². The van der Waals surface area contributed by atoms with Crippen molar-refractivity contribution < 1.29 is 95.6 Å². The van der Waals surface area contributed by atoms with E-state index in [-0.39, 0.29) is 113 Å². The number of hydrogen-bond donors (Lipinski definition) is 11. The number of aromatic nitrogens is 1. The summed E-state index contributed by atoms with van der Waals surface area (Å²) in [6, 6.07) is 13.0. The number of nitrogens with one attached hydrogen (secondary N) is 8. The summed E-state index contributed by atoms with van der Waals surface area (Å²) < 4.78 is 44.8. The number of benzene rings is 5. The summed E-state index contributed by atoms with van der Waals surface area (Å²) in [6.45, 7) is 9.89. The fraction of sp³-hybridized carbons (Fsp3) is 0.500. The van der Waals surface area contributed by atoms with E-state index in [9.17, 15) is 34.1 Å². The number of aromatic hydroxyl groups is 1. The minimum atomic E-state index is -1.80. The van der Waals surface area contributed by atoms with Gasteiger partial charge in [0.05, 0.1) is 11.9 Å². The number of thioether (sulfide) groups is 1. The molecule has 127 heavy (non-hydrogen) atoms. The Bertz CT molecular complexity index is 4910. The molecule has 0 aliphatic carbocycles. The van der Waals surface area contributed by atoms with Crippen LogP contribution in [0.15, 0.2) is 128 Å². The number of rotatable bonds is 19. The number of amides is 13. The highest BCUT2D eigenvalue weighted by Crippen LogP contribution is 2.31. The lowest BCUT2D eigenvalue weighted by Crippen LogP contribution is -2.61. The highest BCUT2D eigenvalue weighted by atomic mass is 32.2. The molecule has 0 unspecified atom stereocenters. The Hall–Kier alpha value is -11.9. The molecule has 4 fully saturated rings. The maximum Gasteiger partial charge on any atom is 0.303 e. The number of aliphatic carboxylic acids is 1. The first-order valence-electron chi connectivity index (χ1n) is 43.4. The largest absolute Gasteiger partial charge is 0.508 e. The number of para-hydroxylation sites is 1. The lowest BCUT2D eigenvalue weighted by Gasteiger charge is -2.38. The minimum Gasteiger partial charge on any atom is -0.508 e. The predicted molar refractivity (Wildman–Crippen MR) is 467 cm³/mol. The Labute approximate surface area is 740 Å².